The van der Waals surface area contributed by atoms with Crippen LogP contribution in [-0.2, 0) is 17.6 Å². The largest absolute Gasteiger partial charge is 0.480 e. The van der Waals surface area contributed by atoms with Crippen molar-refractivity contribution in [3.63, 3.8) is 0 Å². The van der Waals surface area contributed by atoms with Gasteiger partial charge in [-0.3, -0.25) is 14.4 Å². The molecule has 0 saturated heterocycles. The molecule has 2 N–H and O–H groups in total. The van der Waals surface area contributed by atoms with Gasteiger partial charge in [0.05, 0.1) is 0 Å². The maximum absolute atomic E-state index is 12.1. The number of aryl methyl sites for hydroxylation is 2. The minimum atomic E-state index is -1.10. The van der Waals surface area contributed by atoms with Crippen LogP contribution >= 0.6 is 0 Å². The van der Waals surface area contributed by atoms with E-state index in [1.165, 1.54) is 7.05 Å². The van der Waals surface area contributed by atoms with Gasteiger partial charge in [0.15, 0.2) is 0 Å². The summed E-state index contributed by atoms with van der Waals surface area (Å²) < 4.78 is 0. The molecule has 0 bridgehead atoms. The number of aliphatic carboxylic acids is 1. The Morgan fingerprint density at radius 3 is 2.70 bits per heavy atom. The molecule has 2 rings (SSSR count). The molecule has 20 heavy (non-hydrogen) atoms. The van der Waals surface area contributed by atoms with Crippen molar-refractivity contribution in [3.05, 3.63) is 33.2 Å². The summed E-state index contributed by atoms with van der Waals surface area (Å²) >= 11 is 0. The second-order valence-electron chi connectivity index (χ2n) is 5.13. The lowest BCUT2D eigenvalue weighted by Crippen LogP contribution is -2.35. The lowest BCUT2D eigenvalue weighted by Gasteiger charge is -2.15. The Kier molecular flexibility index (Phi) is 4.22. The molecule has 0 spiro atoms. The predicted octanol–water partition coefficient (Wildman–Crippen LogP) is 0.800. The standard InChI is InChI=1S/C14H18N2O4/c1-16(8-12(17)18)14(20)10-7-9-5-3-2-4-6-11(9)15-13(10)19/h7H,2-6,8H2,1H3,(H,15,19)(H,17,18). The smallest absolute Gasteiger partial charge is 0.323 e. The molecule has 1 aliphatic rings. The second-order valence-corrected chi connectivity index (χ2v) is 5.13. The number of aromatic amines is 1. The maximum Gasteiger partial charge on any atom is 0.323 e. The minimum Gasteiger partial charge on any atom is -0.480 e. The highest BCUT2D eigenvalue weighted by molar-refractivity contribution is 5.95. The molecular weight excluding hydrogens is 260 g/mol. The van der Waals surface area contributed by atoms with E-state index in [9.17, 15) is 14.4 Å². The molecule has 0 fully saturated rings. The van der Waals surface area contributed by atoms with Crippen LogP contribution in [0.25, 0.3) is 0 Å². The SMILES string of the molecule is CN(CC(=O)O)C(=O)c1cc2c([nH]c1=O)CCCCC2. The number of pyridine rings is 1. The first-order chi connectivity index (χ1) is 9.49. The van der Waals surface area contributed by atoms with Gasteiger partial charge in [-0.15, -0.1) is 0 Å². The van der Waals surface area contributed by atoms with Crippen LogP contribution in [0, 0.1) is 0 Å². The number of fused-ring (bicyclic) bond motifs is 1. The van der Waals surface area contributed by atoms with Gasteiger partial charge in [-0.05, 0) is 37.3 Å². The van der Waals surface area contributed by atoms with Crippen molar-refractivity contribution >= 4 is 11.9 Å². The van der Waals surface area contributed by atoms with Gasteiger partial charge >= 0.3 is 5.97 Å². The molecule has 6 nitrogen and oxygen atoms in total. The fraction of sp³-hybridized carbons (Fsp3) is 0.500. The first-order valence-electron chi connectivity index (χ1n) is 6.71. The molecule has 1 aliphatic carbocycles. The molecule has 1 aromatic heterocycles. The van der Waals surface area contributed by atoms with E-state index in [0.29, 0.717) is 0 Å². The Hall–Kier alpha value is -2.11. The van der Waals surface area contributed by atoms with E-state index in [1.807, 2.05) is 0 Å². The summed E-state index contributed by atoms with van der Waals surface area (Å²) in [6.07, 6.45) is 4.85. The van der Waals surface area contributed by atoms with Crippen molar-refractivity contribution in [1.82, 2.24) is 9.88 Å². The third-order valence-corrected chi connectivity index (χ3v) is 3.54. The van der Waals surface area contributed by atoms with Crippen molar-refractivity contribution in [2.24, 2.45) is 0 Å². The molecule has 0 aromatic carbocycles. The number of amides is 1. The Balaban J connectivity index is 2.32. The van der Waals surface area contributed by atoms with E-state index in [-0.39, 0.29) is 5.56 Å². The predicted molar refractivity (Wildman–Crippen MR) is 72.9 cm³/mol. The van der Waals surface area contributed by atoms with E-state index < -0.39 is 24.0 Å². The molecule has 1 aromatic rings. The monoisotopic (exact) mass is 278 g/mol. The first kappa shape index (κ1) is 14.3. The van der Waals surface area contributed by atoms with Gasteiger partial charge in [-0.25, -0.2) is 0 Å². The summed E-state index contributed by atoms with van der Waals surface area (Å²) in [7, 11) is 1.38. The van der Waals surface area contributed by atoms with Crippen LogP contribution in [-0.4, -0.2) is 40.5 Å². The van der Waals surface area contributed by atoms with Gasteiger partial charge in [0.2, 0.25) is 0 Å². The van der Waals surface area contributed by atoms with Crippen molar-refractivity contribution in [1.29, 1.82) is 0 Å². The molecule has 1 amide bonds. The van der Waals surface area contributed by atoms with Crippen molar-refractivity contribution < 1.29 is 14.7 Å². The summed E-state index contributed by atoms with van der Waals surface area (Å²) in [6.45, 7) is -0.421. The zero-order chi connectivity index (χ0) is 14.7. The zero-order valence-electron chi connectivity index (χ0n) is 11.4. The van der Waals surface area contributed by atoms with Crippen LogP contribution in [0.3, 0.4) is 0 Å². The summed E-state index contributed by atoms with van der Waals surface area (Å²) in [4.78, 5) is 38.5. The average molecular weight is 278 g/mol. The van der Waals surface area contributed by atoms with Gasteiger partial charge in [0.25, 0.3) is 11.5 Å². The van der Waals surface area contributed by atoms with Crippen LogP contribution in [0.15, 0.2) is 10.9 Å². The van der Waals surface area contributed by atoms with Gasteiger partial charge < -0.3 is 15.0 Å². The van der Waals surface area contributed by atoms with E-state index in [0.717, 1.165) is 48.3 Å². The van der Waals surface area contributed by atoms with Crippen LogP contribution in [0.4, 0.5) is 0 Å². The Bertz CT molecular complexity index is 591. The molecule has 0 unspecified atom stereocenters. The molecule has 0 atom stereocenters. The highest BCUT2D eigenvalue weighted by Gasteiger charge is 2.20. The second kappa shape index (κ2) is 5.90. The number of carboxylic acids is 1. The molecule has 108 valence electrons. The summed E-state index contributed by atoms with van der Waals surface area (Å²) in [6, 6.07) is 1.63. The number of nitrogens with one attached hydrogen (secondary N) is 1. The molecule has 1 heterocycles. The number of carbonyl (C=O) groups excluding carboxylic acids is 1. The number of hydrogen-bond acceptors (Lipinski definition) is 3. The molecule has 6 heteroatoms. The Labute approximate surface area is 116 Å². The molecular formula is C14H18N2O4. The van der Waals surface area contributed by atoms with E-state index >= 15 is 0 Å². The summed E-state index contributed by atoms with van der Waals surface area (Å²) in [5.74, 6) is -1.66. The number of aromatic nitrogens is 1. The molecule has 0 radical (unpaired) electrons. The average Bonchev–Trinajstić information content (AvgIpc) is 2.60. The van der Waals surface area contributed by atoms with Crippen LogP contribution in [0.5, 0.6) is 0 Å². The fourth-order valence-corrected chi connectivity index (χ4v) is 2.49. The van der Waals surface area contributed by atoms with Crippen molar-refractivity contribution in [2.45, 2.75) is 32.1 Å². The third-order valence-electron chi connectivity index (χ3n) is 3.54. The number of hydrogen-bond donors (Lipinski definition) is 2. The van der Waals surface area contributed by atoms with Gasteiger partial charge in [0, 0.05) is 12.7 Å². The number of carbonyl (C=O) groups is 2. The normalized spacial score (nSPS) is 14.2. The minimum absolute atomic E-state index is 0.0226. The van der Waals surface area contributed by atoms with Gasteiger partial charge in [-0.1, -0.05) is 6.42 Å². The topological polar surface area (TPSA) is 90.5 Å². The number of nitrogens with zero attached hydrogens (tertiary/aromatic N) is 1. The van der Waals surface area contributed by atoms with E-state index in [1.54, 1.807) is 6.07 Å². The maximum atomic E-state index is 12.1. The van der Waals surface area contributed by atoms with Gasteiger partial charge in [-0.2, -0.15) is 0 Å². The summed E-state index contributed by atoms with van der Waals surface area (Å²) in [5.41, 5.74) is 1.49. The van der Waals surface area contributed by atoms with E-state index in [4.69, 9.17) is 5.11 Å². The number of carboxylic acid groups (broad SMARTS) is 1. The molecule has 0 saturated carbocycles. The lowest BCUT2D eigenvalue weighted by atomic mass is 10.1. The third kappa shape index (κ3) is 3.07. The van der Waals surface area contributed by atoms with Crippen molar-refractivity contribution in [3.8, 4) is 0 Å². The number of rotatable bonds is 3. The number of likely N-dealkylation sites (N-methyl/N-ethyl adjacent to an activating group) is 1. The van der Waals surface area contributed by atoms with Crippen LogP contribution in [0.2, 0.25) is 0 Å². The first-order valence-corrected chi connectivity index (χ1v) is 6.71. The fourth-order valence-electron chi connectivity index (χ4n) is 2.49. The highest BCUT2D eigenvalue weighted by Crippen LogP contribution is 2.18. The van der Waals surface area contributed by atoms with Crippen LogP contribution < -0.4 is 5.56 Å². The summed E-state index contributed by atoms with van der Waals surface area (Å²) in [5, 5.41) is 8.70. The lowest BCUT2D eigenvalue weighted by molar-refractivity contribution is -0.137. The highest BCUT2D eigenvalue weighted by atomic mass is 16.4. The quantitative estimate of drug-likeness (QED) is 0.800. The number of H-pyrrole nitrogens is 1. The Morgan fingerprint density at radius 2 is 2.00 bits per heavy atom. The Morgan fingerprint density at radius 1 is 1.30 bits per heavy atom. The van der Waals surface area contributed by atoms with Crippen molar-refractivity contribution in [2.75, 3.05) is 13.6 Å². The van der Waals surface area contributed by atoms with Crippen LogP contribution in [0.1, 0.15) is 40.9 Å². The zero-order valence-corrected chi connectivity index (χ0v) is 11.4. The molecule has 0 aliphatic heterocycles. The van der Waals surface area contributed by atoms with Gasteiger partial charge in [0.1, 0.15) is 12.1 Å². The van der Waals surface area contributed by atoms with E-state index in [2.05, 4.69) is 4.98 Å².